The molecule has 1 amide bonds. The van der Waals surface area contributed by atoms with Crippen LogP contribution in [-0.4, -0.2) is 35.9 Å². The maximum atomic E-state index is 12.4. The van der Waals surface area contributed by atoms with Gasteiger partial charge in [0.2, 0.25) is 0 Å². The maximum absolute atomic E-state index is 12.4. The summed E-state index contributed by atoms with van der Waals surface area (Å²) in [5.74, 6) is -0.278. The highest BCUT2D eigenvalue weighted by Gasteiger charge is 2.17. The molecule has 8 nitrogen and oxygen atoms in total. The summed E-state index contributed by atoms with van der Waals surface area (Å²) in [7, 11) is 1.36. The zero-order valence-electron chi connectivity index (χ0n) is 13.8. The minimum Gasteiger partial charge on any atom is -0.494 e. The van der Waals surface area contributed by atoms with Crippen molar-refractivity contribution in [2.24, 2.45) is 0 Å². The van der Waals surface area contributed by atoms with Gasteiger partial charge in [0, 0.05) is 25.4 Å². The van der Waals surface area contributed by atoms with E-state index >= 15 is 0 Å². The summed E-state index contributed by atoms with van der Waals surface area (Å²) in [6.07, 6.45) is 4.32. The lowest BCUT2D eigenvalue weighted by molar-refractivity contribution is -0.384. The van der Waals surface area contributed by atoms with Gasteiger partial charge in [-0.1, -0.05) is 12.2 Å². The summed E-state index contributed by atoms with van der Waals surface area (Å²) in [5, 5.41) is 22.8. The largest absolute Gasteiger partial charge is 0.494 e. The van der Waals surface area contributed by atoms with E-state index < -0.39 is 10.8 Å². The number of nitrogens with one attached hydrogen (secondary N) is 1. The fourth-order valence-corrected chi connectivity index (χ4v) is 1.93. The second kappa shape index (κ2) is 9.52. The molecule has 0 heterocycles. The third-order valence-electron chi connectivity index (χ3n) is 3.10. The van der Waals surface area contributed by atoms with Gasteiger partial charge in [-0.05, 0) is 6.07 Å². The number of nitro groups is 1. The van der Waals surface area contributed by atoms with Crippen LogP contribution in [0.25, 0.3) is 0 Å². The maximum Gasteiger partial charge on any atom is 0.273 e. The fourth-order valence-electron chi connectivity index (χ4n) is 1.93. The number of hydrogen-bond acceptors (Lipinski definition) is 6. The van der Waals surface area contributed by atoms with Gasteiger partial charge in [0.25, 0.3) is 11.6 Å². The Morgan fingerprint density at radius 3 is 2.56 bits per heavy atom. The first-order chi connectivity index (χ1) is 12.0. The minimum atomic E-state index is -0.547. The smallest absolute Gasteiger partial charge is 0.273 e. The van der Waals surface area contributed by atoms with E-state index in [-0.39, 0.29) is 30.1 Å². The molecule has 0 atom stereocenters. The summed E-state index contributed by atoms with van der Waals surface area (Å²) in [6.45, 7) is 7.68. The van der Waals surface area contributed by atoms with Gasteiger partial charge in [-0.3, -0.25) is 14.9 Å². The van der Waals surface area contributed by atoms with Crippen LogP contribution in [0.4, 0.5) is 11.4 Å². The van der Waals surface area contributed by atoms with Crippen LogP contribution in [0, 0.1) is 21.4 Å². The molecule has 0 saturated heterocycles. The molecule has 25 heavy (non-hydrogen) atoms. The number of nitro benzene ring substituents is 1. The molecule has 0 radical (unpaired) electrons. The molecule has 0 aromatic heterocycles. The van der Waals surface area contributed by atoms with E-state index in [9.17, 15) is 20.2 Å². The number of carbonyl (C=O) groups is 1. The molecule has 0 unspecified atom stereocenters. The lowest BCUT2D eigenvalue weighted by Crippen LogP contribution is -2.32. The lowest BCUT2D eigenvalue weighted by Gasteiger charge is -2.18. The van der Waals surface area contributed by atoms with Crippen molar-refractivity contribution in [3.05, 3.63) is 65.4 Å². The highest BCUT2D eigenvalue weighted by atomic mass is 16.6. The van der Waals surface area contributed by atoms with E-state index in [4.69, 9.17) is 4.74 Å². The molecule has 1 aromatic rings. The van der Waals surface area contributed by atoms with Gasteiger partial charge < -0.3 is 15.0 Å². The second-order valence-electron chi connectivity index (χ2n) is 4.74. The van der Waals surface area contributed by atoms with Crippen molar-refractivity contribution in [3.63, 3.8) is 0 Å². The zero-order valence-corrected chi connectivity index (χ0v) is 13.8. The topological polar surface area (TPSA) is 109 Å². The van der Waals surface area contributed by atoms with Crippen molar-refractivity contribution in [1.82, 2.24) is 4.90 Å². The van der Waals surface area contributed by atoms with Crippen molar-refractivity contribution < 1.29 is 14.5 Å². The Hall–Kier alpha value is -3.60. The lowest BCUT2D eigenvalue weighted by atomic mass is 10.2. The van der Waals surface area contributed by atoms with Crippen LogP contribution >= 0.6 is 0 Å². The Balaban J connectivity index is 3.06. The number of nitrogens with zero attached hydrogens (tertiary/aromatic N) is 3. The van der Waals surface area contributed by atoms with Crippen LogP contribution in [0.5, 0.6) is 5.75 Å². The third kappa shape index (κ3) is 5.21. The molecule has 0 aliphatic rings. The van der Waals surface area contributed by atoms with Crippen molar-refractivity contribution in [1.29, 1.82) is 5.26 Å². The number of ether oxygens (including phenoxy) is 1. The summed E-state index contributed by atoms with van der Waals surface area (Å²) in [6, 6.07) is 5.78. The van der Waals surface area contributed by atoms with E-state index in [0.717, 1.165) is 0 Å². The predicted molar refractivity (Wildman–Crippen MR) is 93.9 cm³/mol. The van der Waals surface area contributed by atoms with Gasteiger partial charge in [0.1, 0.15) is 17.4 Å². The van der Waals surface area contributed by atoms with Gasteiger partial charge in [-0.2, -0.15) is 5.26 Å². The number of carbonyl (C=O) groups excluding carboxylic acids is 1. The summed E-state index contributed by atoms with van der Waals surface area (Å²) in [4.78, 5) is 24.0. The predicted octanol–water partition coefficient (Wildman–Crippen LogP) is 2.62. The molecule has 0 fully saturated rings. The molecule has 0 bridgehead atoms. The quantitative estimate of drug-likeness (QED) is 0.243. The standard InChI is InChI=1S/C17H18N4O4/c1-4-8-20(9-5-2)17(22)13(11-18)12-19-15-7-6-14(21(23)24)10-16(15)25-3/h4-7,10,12,19H,1-2,8-9H2,3H3/b13-12-. The number of anilines is 1. The van der Waals surface area contributed by atoms with E-state index in [1.165, 1.54) is 36.4 Å². The minimum absolute atomic E-state index is 0.133. The average molecular weight is 342 g/mol. The zero-order chi connectivity index (χ0) is 18.8. The molecule has 1 rings (SSSR count). The number of amides is 1. The van der Waals surface area contributed by atoms with Crippen molar-refractivity contribution in [2.75, 3.05) is 25.5 Å². The van der Waals surface area contributed by atoms with Crippen LogP contribution in [0.2, 0.25) is 0 Å². The number of benzene rings is 1. The van der Waals surface area contributed by atoms with E-state index in [1.807, 2.05) is 6.07 Å². The first-order valence-corrected chi connectivity index (χ1v) is 7.18. The van der Waals surface area contributed by atoms with Crippen molar-refractivity contribution >= 4 is 17.3 Å². The van der Waals surface area contributed by atoms with Crippen molar-refractivity contribution in [2.45, 2.75) is 0 Å². The number of nitriles is 1. The first kappa shape index (κ1) is 19.4. The molecule has 1 aromatic carbocycles. The van der Waals surface area contributed by atoms with Crippen LogP contribution < -0.4 is 10.1 Å². The summed E-state index contributed by atoms with van der Waals surface area (Å²) < 4.78 is 5.09. The monoisotopic (exact) mass is 342 g/mol. The van der Waals surface area contributed by atoms with Gasteiger partial charge in [0.05, 0.1) is 23.8 Å². The molecule has 0 saturated carbocycles. The Morgan fingerprint density at radius 2 is 2.08 bits per heavy atom. The Labute approximate surface area is 145 Å². The van der Waals surface area contributed by atoms with Crippen LogP contribution in [0.1, 0.15) is 0 Å². The van der Waals surface area contributed by atoms with Crippen LogP contribution in [0.15, 0.2) is 55.3 Å². The fraction of sp³-hybridized carbons (Fsp3) is 0.176. The Bertz CT molecular complexity index is 740. The Morgan fingerprint density at radius 1 is 1.44 bits per heavy atom. The molecular formula is C17H18N4O4. The van der Waals surface area contributed by atoms with E-state index in [1.54, 1.807) is 12.2 Å². The molecule has 0 spiro atoms. The van der Waals surface area contributed by atoms with Gasteiger partial charge in [0.15, 0.2) is 0 Å². The SMILES string of the molecule is C=CCN(CC=C)C(=O)/C(C#N)=C\Nc1ccc([N+](=O)[O-])cc1OC. The molecule has 0 aliphatic carbocycles. The Kier molecular flexibility index (Phi) is 7.40. The van der Waals surface area contributed by atoms with Gasteiger partial charge >= 0.3 is 0 Å². The van der Waals surface area contributed by atoms with E-state index in [2.05, 4.69) is 18.5 Å². The number of non-ortho nitro benzene ring substituents is 1. The van der Waals surface area contributed by atoms with Crippen molar-refractivity contribution in [3.8, 4) is 11.8 Å². The first-order valence-electron chi connectivity index (χ1n) is 7.18. The molecule has 1 N–H and O–H groups in total. The van der Waals surface area contributed by atoms with Gasteiger partial charge in [-0.25, -0.2) is 0 Å². The molecule has 8 heteroatoms. The van der Waals surface area contributed by atoms with E-state index in [0.29, 0.717) is 5.69 Å². The third-order valence-corrected chi connectivity index (χ3v) is 3.10. The normalized spacial score (nSPS) is 10.3. The van der Waals surface area contributed by atoms with Crippen LogP contribution in [0.3, 0.4) is 0 Å². The number of methoxy groups -OCH3 is 1. The number of hydrogen-bond donors (Lipinski definition) is 1. The van der Waals surface area contributed by atoms with Gasteiger partial charge in [-0.15, -0.1) is 13.2 Å². The van der Waals surface area contributed by atoms with Crippen LogP contribution in [-0.2, 0) is 4.79 Å². The summed E-state index contributed by atoms with van der Waals surface area (Å²) in [5.41, 5.74) is 0.114. The molecule has 0 aliphatic heterocycles. The molecule has 130 valence electrons. The highest BCUT2D eigenvalue weighted by Crippen LogP contribution is 2.29. The summed E-state index contributed by atoms with van der Waals surface area (Å²) >= 11 is 0. The highest BCUT2D eigenvalue weighted by molar-refractivity contribution is 5.97. The number of rotatable bonds is 9. The average Bonchev–Trinajstić information content (AvgIpc) is 2.61. The second-order valence-corrected chi connectivity index (χ2v) is 4.74. The molecular weight excluding hydrogens is 324 g/mol.